The smallest absolute Gasteiger partial charge is 0.215 e. The summed E-state index contributed by atoms with van der Waals surface area (Å²) >= 11 is 5.00. The lowest BCUT2D eigenvalue weighted by Gasteiger charge is -1.95. The number of hydrogen-bond acceptors (Lipinski definition) is 3. The number of nitrogens with one attached hydrogen (secondary N) is 1. The van der Waals surface area contributed by atoms with Crippen molar-refractivity contribution in [3.63, 3.8) is 0 Å². The molecule has 0 aliphatic rings. The van der Waals surface area contributed by atoms with E-state index in [1.165, 1.54) is 5.56 Å². The monoisotopic (exact) mass is 206 g/mol. The van der Waals surface area contributed by atoms with E-state index < -0.39 is 0 Å². The van der Waals surface area contributed by atoms with Gasteiger partial charge in [-0.3, -0.25) is 14.8 Å². The fourth-order valence-electron chi connectivity index (χ4n) is 1.23. The average Bonchev–Trinajstić information content (AvgIpc) is 2.47. The molecular weight excluding hydrogens is 196 g/mol. The van der Waals surface area contributed by atoms with Crippen LogP contribution in [0, 0.1) is 4.77 Å². The van der Waals surface area contributed by atoms with Crippen molar-refractivity contribution in [1.29, 1.82) is 0 Å². The maximum absolute atomic E-state index is 5.00. The molecule has 2 rings (SSSR count). The van der Waals surface area contributed by atoms with E-state index in [0.717, 1.165) is 12.2 Å². The van der Waals surface area contributed by atoms with Crippen LogP contribution in [0.5, 0.6) is 0 Å². The fraction of sp³-hybridized carbons (Fsp3) is 0.222. The molecule has 2 aromatic heterocycles. The van der Waals surface area contributed by atoms with E-state index in [1.807, 2.05) is 19.2 Å². The second-order valence-electron chi connectivity index (χ2n) is 3.04. The maximum atomic E-state index is 5.00. The second-order valence-corrected chi connectivity index (χ2v) is 3.41. The molecule has 0 aromatic carbocycles. The van der Waals surface area contributed by atoms with Gasteiger partial charge in [-0.05, 0) is 29.9 Å². The van der Waals surface area contributed by atoms with E-state index in [-0.39, 0.29) is 0 Å². The van der Waals surface area contributed by atoms with Gasteiger partial charge in [0, 0.05) is 25.9 Å². The third kappa shape index (κ3) is 1.88. The summed E-state index contributed by atoms with van der Waals surface area (Å²) in [6.45, 7) is 0. The Kier molecular flexibility index (Phi) is 2.41. The molecule has 4 nitrogen and oxygen atoms in total. The highest BCUT2D eigenvalue weighted by Gasteiger charge is 2.00. The molecule has 14 heavy (non-hydrogen) atoms. The predicted octanol–water partition coefficient (Wildman–Crippen LogP) is 1.46. The summed E-state index contributed by atoms with van der Waals surface area (Å²) in [7, 11) is 1.85. The normalized spacial score (nSPS) is 10.4. The van der Waals surface area contributed by atoms with E-state index >= 15 is 0 Å². The van der Waals surface area contributed by atoms with Crippen LogP contribution in [0.25, 0.3) is 0 Å². The minimum absolute atomic E-state index is 0.578. The third-order valence-electron chi connectivity index (χ3n) is 1.94. The highest BCUT2D eigenvalue weighted by molar-refractivity contribution is 7.71. The number of nitrogens with zero attached hydrogens (tertiary/aromatic N) is 3. The first-order chi connectivity index (χ1) is 6.75. The average molecular weight is 206 g/mol. The highest BCUT2D eigenvalue weighted by atomic mass is 32.1. The maximum Gasteiger partial charge on any atom is 0.215 e. The summed E-state index contributed by atoms with van der Waals surface area (Å²) in [6.07, 6.45) is 4.30. The van der Waals surface area contributed by atoms with E-state index in [0.29, 0.717) is 4.77 Å². The zero-order valence-electron chi connectivity index (χ0n) is 7.77. The number of rotatable bonds is 2. The quantitative estimate of drug-likeness (QED) is 0.757. The van der Waals surface area contributed by atoms with Crippen LogP contribution in [0.3, 0.4) is 0 Å². The predicted molar refractivity (Wildman–Crippen MR) is 55.4 cm³/mol. The Hall–Kier alpha value is -1.49. The molecule has 0 spiro atoms. The molecular formula is C9H10N4S. The lowest BCUT2D eigenvalue weighted by atomic mass is 10.2. The van der Waals surface area contributed by atoms with Crippen molar-refractivity contribution in [2.24, 2.45) is 7.05 Å². The van der Waals surface area contributed by atoms with Crippen molar-refractivity contribution >= 4 is 12.2 Å². The summed E-state index contributed by atoms with van der Waals surface area (Å²) in [5.41, 5.74) is 1.17. The Morgan fingerprint density at radius 1 is 1.43 bits per heavy atom. The Morgan fingerprint density at radius 3 is 2.71 bits per heavy atom. The van der Waals surface area contributed by atoms with E-state index in [4.69, 9.17) is 12.2 Å². The Labute approximate surface area is 86.6 Å². The lowest BCUT2D eigenvalue weighted by Crippen LogP contribution is -1.93. The van der Waals surface area contributed by atoms with Gasteiger partial charge in [0.05, 0.1) is 0 Å². The van der Waals surface area contributed by atoms with Crippen LogP contribution in [0.2, 0.25) is 0 Å². The van der Waals surface area contributed by atoms with Gasteiger partial charge >= 0.3 is 0 Å². The number of hydrogen-bond donors (Lipinski definition) is 1. The Bertz CT molecular complexity index is 471. The first-order valence-corrected chi connectivity index (χ1v) is 4.67. The Morgan fingerprint density at radius 2 is 2.14 bits per heavy atom. The van der Waals surface area contributed by atoms with Crippen LogP contribution in [-0.2, 0) is 13.5 Å². The summed E-state index contributed by atoms with van der Waals surface area (Å²) in [6, 6.07) is 3.93. The van der Waals surface area contributed by atoms with Gasteiger partial charge in [-0.1, -0.05) is 0 Å². The highest BCUT2D eigenvalue weighted by Crippen LogP contribution is 2.03. The summed E-state index contributed by atoms with van der Waals surface area (Å²) in [5, 5.41) is 3.07. The Balaban J connectivity index is 2.23. The van der Waals surface area contributed by atoms with E-state index in [2.05, 4.69) is 15.1 Å². The summed E-state index contributed by atoms with van der Waals surface area (Å²) in [5.74, 6) is 0.878. The zero-order chi connectivity index (χ0) is 9.97. The molecule has 0 amide bonds. The molecule has 72 valence electrons. The van der Waals surface area contributed by atoms with E-state index in [1.54, 1.807) is 17.1 Å². The minimum Gasteiger partial charge on any atom is -0.283 e. The summed E-state index contributed by atoms with van der Waals surface area (Å²) < 4.78 is 2.31. The van der Waals surface area contributed by atoms with Crippen LogP contribution >= 0.6 is 12.2 Å². The van der Waals surface area contributed by atoms with Gasteiger partial charge in [0.2, 0.25) is 4.77 Å². The first kappa shape index (κ1) is 9.08. The topological polar surface area (TPSA) is 46.5 Å². The van der Waals surface area contributed by atoms with Crippen LogP contribution in [-0.4, -0.2) is 19.7 Å². The van der Waals surface area contributed by atoms with Crippen molar-refractivity contribution in [2.45, 2.75) is 6.42 Å². The molecule has 5 heteroatoms. The van der Waals surface area contributed by atoms with Gasteiger partial charge in [-0.25, -0.2) is 4.98 Å². The van der Waals surface area contributed by atoms with Gasteiger partial charge in [0.25, 0.3) is 0 Å². The molecule has 0 fully saturated rings. The first-order valence-electron chi connectivity index (χ1n) is 4.26. The van der Waals surface area contributed by atoms with Crippen molar-refractivity contribution in [1.82, 2.24) is 19.7 Å². The van der Waals surface area contributed by atoms with E-state index in [9.17, 15) is 0 Å². The molecule has 2 heterocycles. The van der Waals surface area contributed by atoms with Crippen molar-refractivity contribution in [3.05, 3.63) is 40.7 Å². The molecule has 0 aliphatic carbocycles. The largest absolute Gasteiger partial charge is 0.283 e. The number of pyridine rings is 1. The molecule has 0 bridgehead atoms. The number of aryl methyl sites for hydroxylation is 1. The molecule has 0 saturated heterocycles. The molecule has 1 N–H and O–H groups in total. The third-order valence-corrected chi connectivity index (χ3v) is 2.30. The number of H-pyrrole nitrogens is 1. The van der Waals surface area contributed by atoms with Gasteiger partial charge in [0.1, 0.15) is 5.82 Å². The molecule has 0 aliphatic heterocycles. The van der Waals surface area contributed by atoms with Gasteiger partial charge < -0.3 is 0 Å². The SMILES string of the molecule is Cn1[nH]c(Cc2ccncc2)nc1=S. The van der Waals surface area contributed by atoms with Gasteiger partial charge in [-0.15, -0.1) is 0 Å². The van der Waals surface area contributed by atoms with Gasteiger partial charge in [0.15, 0.2) is 0 Å². The van der Waals surface area contributed by atoms with Crippen LogP contribution < -0.4 is 0 Å². The van der Waals surface area contributed by atoms with Crippen LogP contribution in [0.15, 0.2) is 24.5 Å². The lowest BCUT2D eigenvalue weighted by molar-refractivity contribution is 0.739. The van der Waals surface area contributed by atoms with Crippen LogP contribution in [0.1, 0.15) is 11.4 Å². The zero-order valence-corrected chi connectivity index (χ0v) is 8.58. The number of aromatic nitrogens is 4. The standard InChI is InChI=1S/C9H10N4S/c1-13-9(14)11-8(12-13)6-7-2-4-10-5-3-7/h2-5H,6H2,1H3,(H,11,12,14). The minimum atomic E-state index is 0.578. The molecule has 0 radical (unpaired) electrons. The summed E-state index contributed by atoms with van der Waals surface area (Å²) in [4.78, 5) is 8.16. The second kappa shape index (κ2) is 3.71. The molecule has 0 atom stereocenters. The fourth-order valence-corrected chi connectivity index (χ4v) is 1.39. The van der Waals surface area contributed by atoms with Crippen LogP contribution in [0.4, 0.5) is 0 Å². The van der Waals surface area contributed by atoms with Crippen molar-refractivity contribution in [2.75, 3.05) is 0 Å². The molecule has 0 saturated carbocycles. The van der Waals surface area contributed by atoms with Crippen molar-refractivity contribution < 1.29 is 0 Å². The van der Waals surface area contributed by atoms with Gasteiger partial charge in [-0.2, -0.15) is 0 Å². The van der Waals surface area contributed by atoms with Crippen molar-refractivity contribution in [3.8, 4) is 0 Å². The molecule has 2 aromatic rings. The molecule has 0 unspecified atom stereocenters. The number of aromatic amines is 1.